The fourth-order valence-electron chi connectivity index (χ4n) is 9.31. The van der Waals surface area contributed by atoms with Crippen molar-refractivity contribution in [3.8, 4) is 0 Å². The lowest BCUT2D eigenvalue weighted by molar-refractivity contribution is 0.181. The van der Waals surface area contributed by atoms with Crippen LogP contribution in [0, 0.1) is 47.3 Å². The van der Waals surface area contributed by atoms with E-state index >= 15 is 0 Å². The molecule has 0 aromatic rings. The van der Waals surface area contributed by atoms with Crippen molar-refractivity contribution < 1.29 is 0 Å². The van der Waals surface area contributed by atoms with E-state index in [2.05, 4.69) is 151 Å². The summed E-state index contributed by atoms with van der Waals surface area (Å²) < 4.78 is 0. The Bertz CT molecular complexity index is 728. The number of rotatable bonds is 0. The number of hydrogen-bond acceptors (Lipinski definition) is 8. The molecule has 360 valence electrons. The molecule has 4 unspecified atom stereocenters. The Labute approximate surface area is 378 Å². The van der Waals surface area contributed by atoms with Crippen LogP contribution >= 0.6 is 0 Å². The molecule has 0 bridgehead atoms. The molecule has 4 atom stereocenters. The van der Waals surface area contributed by atoms with E-state index in [1.807, 2.05) is 0 Å². The van der Waals surface area contributed by atoms with Gasteiger partial charge in [-0.3, -0.25) is 9.80 Å². The third-order valence-electron chi connectivity index (χ3n) is 14.6. The predicted molar refractivity (Wildman–Crippen MR) is 268 cm³/mol. The molecular formula is C52H112N8. The van der Waals surface area contributed by atoms with Gasteiger partial charge in [-0.05, 0) is 188 Å². The van der Waals surface area contributed by atoms with Crippen LogP contribution < -0.4 is 0 Å². The topological polar surface area (TPSA) is 25.9 Å². The molecule has 0 radical (unpaired) electrons. The van der Waals surface area contributed by atoms with Gasteiger partial charge in [0.05, 0.1) is 6.67 Å². The summed E-state index contributed by atoms with van der Waals surface area (Å²) in [5.41, 5.74) is 0. The molecule has 0 aromatic carbocycles. The average Bonchev–Trinajstić information content (AvgIpc) is 4.00. The summed E-state index contributed by atoms with van der Waals surface area (Å²) in [5.74, 6) is 7.94. The van der Waals surface area contributed by atoms with Gasteiger partial charge in [0, 0.05) is 52.4 Å². The molecule has 0 spiro atoms. The summed E-state index contributed by atoms with van der Waals surface area (Å²) in [7, 11) is 17.4. The summed E-state index contributed by atoms with van der Waals surface area (Å²) in [4.78, 5) is 18.9. The third-order valence-corrected chi connectivity index (χ3v) is 14.6. The Morgan fingerprint density at radius 1 is 0.217 bits per heavy atom. The Kier molecular flexibility index (Phi) is 32.8. The van der Waals surface area contributed by atoms with Crippen molar-refractivity contribution >= 4 is 0 Å². The van der Waals surface area contributed by atoms with E-state index in [1.54, 1.807) is 0 Å². The molecular weight excluding hydrogens is 737 g/mol. The molecule has 8 aliphatic rings. The van der Waals surface area contributed by atoms with E-state index in [1.165, 1.54) is 175 Å². The highest BCUT2D eigenvalue weighted by atomic mass is 15.3. The Balaban J connectivity index is 0.000000343. The maximum Gasteiger partial charge on any atom is 0.0501 e. The molecule has 6 saturated heterocycles. The average molecular weight is 850 g/mol. The molecule has 0 amide bonds. The van der Waals surface area contributed by atoms with Crippen LogP contribution in [0.5, 0.6) is 0 Å². The molecule has 2 saturated carbocycles. The van der Waals surface area contributed by atoms with E-state index in [0.29, 0.717) is 0 Å². The van der Waals surface area contributed by atoms with Crippen molar-refractivity contribution in [1.82, 2.24) is 39.2 Å². The van der Waals surface area contributed by atoms with Crippen LogP contribution in [0.15, 0.2) is 0 Å². The van der Waals surface area contributed by atoms with E-state index in [-0.39, 0.29) is 0 Å². The van der Waals surface area contributed by atoms with Gasteiger partial charge in [0.1, 0.15) is 0 Å². The van der Waals surface area contributed by atoms with Crippen molar-refractivity contribution in [2.24, 2.45) is 47.3 Å². The highest BCUT2D eigenvalue weighted by molar-refractivity contribution is 4.71. The second-order valence-corrected chi connectivity index (χ2v) is 22.6. The van der Waals surface area contributed by atoms with Gasteiger partial charge < -0.3 is 29.4 Å². The molecule has 6 heterocycles. The molecule has 0 aromatic heterocycles. The van der Waals surface area contributed by atoms with Crippen LogP contribution in [0.2, 0.25) is 0 Å². The zero-order valence-corrected chi connectivity index (χ0v) is 44.0. The van der Waals surface area contributed by atoms with E-state index in [9.17, 15) is 0 Å². The minimum Gasteiger partial charge on any atom is -0.306 e. The first-order chi connectivity index (χ1) is 28.3. The van der Waals surface area contributed by atoms with Gasteiger partial charge in [0.15, 0.2) is 0 Å². The second kappa shape index (κ2) is 34.1. The smallest absolute Gasteiger partial charge is 0.0501 e. The summed E-state index contributed by atoms with van der Waals surface area (Å²) in [5, 5.41) is 0. The highest BCUT2D eigenvalue weighted by Gasteiger charge is 2.17. The zero-order valence-electron chi connectivity index (χ0n) is 44.0. The van der Waals surface area contributed by atoms with Crippen molar-refractivity contribution in [3.05, 3.63) is 0 Å². The van der Waals surface area contributed by atoms with Crippen LogP contribution in [-0.2, 0) is 0 Å². The minimum absolute atomic E-state index is 0.949. The lowest BCUT2D eigenvalue weighted by atomic mass is 9.84. The Hall–Kier alpha value is -0.320. The SMILES string of the molecule is CC1CCC(C)C1.CC1CCC(C)CC1.CC1CCN(C)C1.CC1CCN(C)C1.CC1CCN(C)CC1.CC1CCN(C)CC1.CN1CCN(C)C1.CN1CCN(C)CC1. The molecule has 8 rings (SSSR count). The van der Waals surface area contributed by atoms with Crippen molar-refractivity contribution in [3.63, 3.8) is 0 Å². The van der Waals surface area contributed by atoms with Crippen LogP contribution in [0.1, 0.15) is 139 Å². The molecule has 0 N–H and O–H groups in total. The first kappa shape index (κ1) is 57.7. The molecule has 2 aliphatic carbocycles. The van der Waals surface area contributed by atoms with Gasteiger partial charge in [0.2, 0.25) is 0 Å². The van der Waals surface area contributed by atoms with Gasteiger partial charge in [0.25, 0.3) is 0 Å². The fourth-order valence-corrected chi connectivity index (χ4v) is 9.31. The van der Waals surface area contributed by atoms with E-state index < -0.39 is 0 Å². The first-order valence-electron chi connectivity index (χ1n) is 25.8. The van der Waals surface area contributed by atoms with Crippen molar-refractivity contribution in [2.45, 2.75) is 139 Å². The number of likely N-dealkylation sites (N-methyl/N-ethyl adjacent to an activating group) is 4. The quantitative estimate of drug-likeness (QED) is 0.238. The van der Waals surface area contributed by atoms with E-state index in [0.717, 1.165) is 54.0 Å². The summed E-state index contributed by atoms with van der Waals surface area (Å²) in [6, 6.07) is 0. The normalized spacial score (nSPS) is 31.8. The summed E-state index contributed by atoms with van der Waals surface area (Å²) in [6.45, 7) is 37.7. The maximum absolute atomic E-state index is 2.40. The van der Waals surface area contributed by atoms with Crippen molar-refractivity contribution in [1.29, 1.82) is 0 Å². The number of piperazine rings is 1. The monoisotopic (exact) mass is 849 g/mol. The zero-order chi connectivity index (χ0) is 45.0. The van der Waals surface area contributed by atoms with Gasteiger partial charge >= 0.3 is 0 Å². The van der Waals surface area contributed by atoms with Gasteiger partial charge in [-0.25, -0.2) is 0 Å². The molecule has 8 heteroatoms. The molecule has 8 fully saturated rings. The largest absolute Gasteiger partial charge is 0.306 e. The van der Waals surface area contributed by atoms with Crippen LogP contribution in [0.3, 0.4) is 0 Å². The lowest BCUT2D eigenvalue weighted by Gasteiger charge is -2.28. The molecule has 60 heavy (non-hydrogen) atoms. The highest BCUT2D eigenvalue weighted by Crippen LogP contribution is 2.29. The minimum atomic E-state index is 0.949. The van der Waals surface area contributed by atoms with Crippen LogP contribution in [-0.4, -0.2) is 194 Å². The standard InChI is InChI=1S/C8H16.2C7H15N.C7H14.C6H14N2.2C6H13N.C5H12N2/c3*1-7-3-5-8(2)6-4-7;1-6-3-4-7(2)5-6;1-7-3-5-8(2)6-4-7;3*1-6-3-4-7(2)5-6/h7-8H,3-6H2,1-2H3;2*7H,3-6H2,1-2H3;6-7H,3-5H2,1-2H3;3-6H2,1-2H3;2*6H,3-5H2,1-2H3;3-5H2,1-2H3. The molecule has 8 nitrogen and oxygen atoms in total. The number of hydrogen-bond donors (Lipinski definition) is 0. The van der Waals surface area contributed by atoms with E-state index in [4.69, 9.17) is 0 Å². The fraction of sp³-hybridized carbons (Fsp3) is 1.00. The lowest BCUT2D eigenvalue weighted by Crippen LogP contribution is -2.42. The molecule has 6 aliphatic heterocycles. The van der Waals surface area contributed by atoms with Gasteiger partial charge in [-0.1, -0.05) is 93.9 Å². The summed E-state index contributed by atoms with van der Waals surface area (Å²) in [6.07, 6.45) is 18.7. The Morgan fingerprint density at radius 3 is 0.600 bits per heavy atom. The Morgan fingerprint density at radius 2 is 0.433 bits per heavy atom. The number of piperidine rings is 2. The third kappa shape index (κ3) is 32.4. The number of likely N-dealkylation sites (tertiary alicyclic amines) is 4. The van der Waals surface area contributed by atoms with Gasteiger partial charge in [-0.15, -0.1) is 0 Å². The maximum atomic E-state index is 2.40. The predicted octanol–water partition coefficient (Wildman–Crippen LogP) is 9.57. The first-order valence-corrected chi connectivity index (χ1v) is 25.8. The second-order valence-electron chi connectivity index (χ2n) is 22.6. The summed E-state index contributed by atoms with van der Waals surface area (Å²) >= 11 is 0. The van der Waals surface area contributed by atoms with Crippen molar-refractivity contribution in [2.75, 3.05) is 155 Å². The number of nitrogens with zero attached hydrogens (tertiary/aromatic N) is 8. The van der Waals surface area contributed by atoms with Crippen LogP contribution in [0.25, 0.3) is 0 Å². The van der Waals surface area contributed by atoms with Gasteiger partial charge in [-0.2, -0.15) is 0 Å². The van der Waals surface area contributed by atoms with Crippen LogP contribution in [0.4, 0.5) is 0 Å².